The predicted molar refractivity (Wildman–Crippen MR) is 126 cm³/mol. The Morgan fingerprint density at radius 3 is 2.45 bits per heavy atom. The van der Waals surface area contributed by atoms with Crippen LogP contribution in [0.4, 0.5) is 11.4 Å². The molecule has 1 N–H and O–H groups in total. The second-order valence-corrected chi connectivity index (χ2v) is 10.5. The fourth-order valence-corrected chi connectivity index (χ4v) is 5.77. The SMILES string of the molecule is Cc1ccc(NC(=O)CN2C(=O)COc3ccc(S(=O)(=O)N4CCCCCC4)cc32)c(C)c1. The van der Waals surface area contributed by atoms with Gasteiger partial charge in [0, 0.05) is 18.8 Å². The van der Waals surface area contributed by atoms with E-state index in [0.29, 0.717) is 24.5 Å². The number of anilines is 2. The van der Waals surface area contributed by atoms with E-state index in [-0.39, 0.29) is 29.6 Å². The normalized spacial score (nSPS) is 17.2. The molecule has 176 valence electrons. The van der Waals surface area contributed by atoms with E-state index in [1.165, 1.54) is 21.3 Å². The maximum absolute atomic E-state index is 13.2. The van der Waals surface area contributed by atoms with Gasteiger partial charge in [0.1, 0.15) is 12.3 Å². The maximum atomic E-state index is 13.2. The second kappa shape index (κ2) is 9.52. The molecule has 2 aliphatic heterocycles. The fourth-order valence-electron chi connectivity index (χ4n) is 4.23. The van der Waals surface area contributed by atoms with Crippen LogP contribution in [-0.4, -0.2) is 50.8 Å². The van der Waals surface area contributed by atoms with E-state index < -0.39 is 15.9 Å². The van der Waals surface area contributed by atoms with Gasteiger partial charge in [0.05, 0.1) is 10.6 Å². The highest BCUT2D eigenvalue weighted by Crippen LogP contribution is 2.35. The molecule has 0 unspecified atom stereocenters. The first kappa shape index (κ1) is 23.3. The first-order chi connectivity index (χ1) is 15.8. The molecule has 8 nitrogen and oxygen atoms in total. The van der Waals surface area contributed by atoms with Gasteiger partial charge in [-0.15, -0.1) is 0 Å². The zero-order valence-electron chi connectivity index (χ0n) is 19.0. The minimum Gasteiger partial charge on any atom is -0.482 e. The molecule has 33 heavy (non-hydrogen) atoms. The average molecular weight is 472 g/mol. The lowest BCUT2D eigenvalue weighted by Crippen LogP contribution is -2.43. The Bertz CT molecular complexity index is 1170. The summed E-state index contributed by atoms with van der Waals surface area (Å²) in [5.41, 5.74) is 2.96. The molecule has 0 saturated carbocycles. The standard InChI is InChI=1S/C24H29N3O5S/c1-17-7-9-20(18(2)13-17)25-23(28)15-27-21-14-19(8-10-22(21)32-16-24(27)29)33(30,31)26-11-5-3-4-6-12-26/h7-10,13-14H,3-6,11-12,15-16H2,1-2H3,(H,25,28). The van der Waals surface area contributed by atoms with Gasteiger partial charge in [-0.3, -0.25) is 14.5 Å². The number of nitrogens with one attached hydrogen (secondary N) is 1. The van der Waals surface area contributed by atoms with Crippen molar-refractivity contribution in [2.45, 2.75) is 44.4 Å². The summed E-state index contributed by atoms with van der Waals surface area (Å²) in [6, 6.07) is 10.2. The van der Waals surface area contributed by atoms with Gasteiger partial charge in [0.25, 0.3) is 5.91 Å². The zero-order valence-corrected chi connectivity index (χ0v) is 19.8. The van der Waals surface area contributed by atoms with Crippen LogP contribution in [0.3, 0.4) is 0 Å². The number of benzene rings is 2. The molecule has 1 fully saturated rings. The van der Waals surface area contributed by atoms with Gasteiger partial charge in [-0.25, -0.2) is 8.42 Å². The molecule has 9 heteroatoms. The van der Waals surface area contributed by atoms with E-state index in [2.05, 4.69) is 5.32 Å². The molecule has 0 spiro atoms. The molecule has 0 radical (unpaired) electrons. The Morgan fingerprint density at radius 1 is 1.03 bits per heavy atom. The summed E-state index contributed by atoms with van der Waals surface area (Å²) in [7, 11) is -3.71. The van der Waals surface area contributed by atoms with Crippen LogP contribution in [0.5, 0.6) is 5.75 Å². The molecular weight excluding hydrogens is 442 g/mol. The number of carbonyl (C=O) groups excluding carboxylic acids is 2. The van der Waals surface area contributed by atoms with Crippen LogP contribution >= 0.6 is 0 Å². The number of ether oxygens (including phenoxy) is 1. The average Bonchev–Trinajstić information content (AvgIpc) is 3.08. The van der Waals surface area contributed by atoms with Crippen molar-refractivity contribution in [3.63, 3.8) is 0 Å². The van der Waals surface area contributed by atoms with Gasteiger partial charge in [-0.2, -0.15) is 4.31 Å². The van der Waals surface area contributed by atoms with Crippen molar-refractivity contribution >= 4 is 33.2 Å². The minimum absolute atomic E-state index is 0.0984. The van der Waals surface area contributed by atoms with Crippen LogP contribution in [0.25, 0.3) is 0 Å². The van der Waals surface area contributed by atoms with Crippen molar-refractivity contribution in [1.29, 1.82) is 0 Å². The molecule has 0 atom stereocenters. The summed E-state index contributed by atoms with van der Waals surface area (Å²) in [6.45, 7) is 4.39. The largest absolute Gasteiger partial charge is 0.482 e. The molecule has 0 bridgehead atoms. The predicted octanol–water partition coefficient (Wildman–Crippen LogP) is 3.23. The number of carbonyl (C=O) groups is 2. The number of fused-ring (bicyclic) bond motifs is 1. The molecule has 0 aliphatic carbocycles. The van der Waals surface area contributed by atoms with Gasteiger partial charge in [-0.05, 0) is 56.5 Å². The number of nitrogens with zero attached hydrogens (tertiary/aromatic N) is 2. The van der Waals surface area contributed by atoms with Gasteiger partial charge >= 0.3 is 0 Å². The summed E-state index contributed by atoms with van der Waals surface area (Å²) < 4.78 is 33.5. The van der Waals surface area contributed by atoms with Crippen LogP contribution in [0.2, 0.25) is 0 Å². The molecular formula is C24H29N3O5S. The van der Waals surface area contributed by atoms with E-state index in [4.69, 9.17) is 4.74 Å². The summed E-state index contributed by atoms with van der Waals surface area (Å²) in [4.78, 5) is 26.8. The highest BCUT2D eigenvalue weighted by Gasteiger charge is 2.31. The first-order valence-electron chi connectivity index (χ1n) is 11.2. The third-order valence-electron chi connectivity index (χ3n) is 6.03. The Kier molecular flexibility index (Phi) is 6.71. The lowest BCUT2D eigenvalue weighted by atomic mass is 10.1. The number of hydrogen-bond acceptors (Lipinski definition) is 5. The van der Waals surface area contributed by atoms with Crippen LogP contribution < -0.4 is 15.0 Å². The smallest absolute Gasteiger partial charge is 0.265 e. The number of amides is 2. The van der Waals surface area contributed by atoms with E-state index in [1.54, 1.807) is 6.07 Å². The number of rotatable bonds is 5. The Morgan fingerprint density at radius 2 is 1.76 bits per heavy atom. The van der Waals surface area contributed by atoms with E-state index in [9.17, 15) is 18.0 Å². The van der Waals surface area contributed by atoms with Crippen LogP contribution in [0, 0.1) is 13.8 Å². The summed E-state index contributed by atoms with van der Waals surface area (Å²) in [5, 5.41) is 2.84. The third kappa shape index (κ3) is 5.04. The Balaban J connectivity index is 1.58. The maximum Gasteiger partial charge on any atom is 0.265 e. The molecule has 2 heterocycles. The zero-order chi connectivity index (χ0) is 23.6. The number of aryl methyl sites for hydroxylation is 2. The van der Waals surface area contributed by atoms with E-state index in [0.717, 1.165) is 36.8 Å². The van der Waals surface area contributed by atoms with Gasteiger partial charge in [0.2, 0.25) is 15.9 Å². The van der Waals surface area contributed by atoms with Crippen molar-refractivity contribution in [3.05, 3.63) is 47.5 Å². The molecule has 2 aromatic carbocycles. The van der Waals surface area contributed by atoms with Crippen molar-refractivity contribution < 1.29 is 22.7 Å². The van der Waals surface area contributed by atoms with Gasteiger partial charge in [0.15, 0.2) is 6.61 Å². The van der Waals surface area contributed by atoms with E-state index in [1.807, 2.05) is 32.0 Å². The highest BCUT2D eigenvalue weighted by molar-refractivity contribution is 7.89. The fraction of sp³-hybridized carbons (Fsp3) is 0.417. The quantitative estimate of drug-likeness (QED) is 0.722. The molecule has 1 saturated heterocycles. The third-order valence-corrected chi connectivity index (χ3v) is 7.93. The van der Waals surface area contributed by atoms with Crippen molar-refractivity contribution in [1.82, 2.24) is 4.31 Å². The Labute approximate surface area is 194 Å². The summed E-state index contributed by atoms with van der Waals surface area (Å²) >= 11 is 0. The van der Waals surface area contributed by atoms with Crippen molar-refractivity contribution in [3.8, 4) is 5.75 Å². The molecule has 0 aromatic heterocycles. The first-order valence-corrected chi connectivity index (χ1v) is 12.6. The second-order valence-electron chi connectivity index (χ2n) is 8.58. The van der Waals surface area contributed by atoms with Crippen molar-refractivity contribution in [2.75, 3.05) is 36.5 Å². The lowest BCUT2D eigenvalue weighted by Gasteiger charge is -2.30. The number of hydrogen-bond donors (Lipinski definition) is 1. The summed E-state index contributed by atoms with van der Waals surface area (Å²) in [6.07, 6.45) is 3.69. The topological polar surface area (TPSA) is 96.0 Å². The van der Waals surface area contributed by atoms with Gasteiger partial charge in [-0.1, -0.05) is 30.5 Å². The highest BCUT2D eigenvalue weighted by atomic mass is 32.2. The van der Waals surface area contributed by atoms with Crippen LogP contribution in [0.15, 0.2) is 41.3 Å². The number of sulfonamides is 1. The molecule has 2 aromatic rings. The van der Waals surface area contributed by atoms with E-state index >= 15 is 0 Å². The lowest BCUT2D eigenvalue weighted by molar-refractivity contribution is -0.123. The minimum atomic E-state index is -3.71. The molecule has 2 amide bonds. The van der Waals surface area contributed by atoms with Crippen LogP contribution in [-0.2, 0) is 19.6 Å². The Hall–Kier alpha value is -2.91. The van der Waals surface area contributed by atoms with Gasteiger partial charge < -0.3 is 10.1 Å². The molecule has 2 aliphatic rings. The summed E-state index contributed by atoms with van der Waals surface area (Å²) in [5.74, 6) is -0.393. The molecule has 4 rings (SSSR count). The van der Waals surface area contributed by atoms with Crippen molar-refractivity contribution in [2.24, 2.45) is 0 Å². The monoisotopic (exact) mass is 471 g/mol. The van der Waals surface area contributed by atoms with Crippen LogP contribution in [0.1, 0.15) is 36.8 Å².